The number of carbonyl (C=O) groups is 1. The van der Waals surface area contributed by atoms with Crippen LogP contribution in [0.3, 0.4) is 0 Å². The Morgan fingerprint density at radius 1 is 1.56 bits per heavy atom. The molecule has 6 heteroatoms. The largest absolute Gasteiger partial charge is 0.462 e. The van der Waals surface area contributed by atoms with Crippen molar-refractivity contribution in [3.05, 3.63) is 34.8 Å². The lowest BCUT2D eigenvalue weighted by Gasteiger charge is -2.03. The molecule has 2 aromatic rings. The maximum absolute atomic E-state index is 11.8. The van der Waals surface area contributed by atoms with Gasteiger partial charge in [0.15, 0.2) is 0 Å². The number of rotatable bonds is 3. The lowest BCUT2D eigenvalue weighted by Crippen LogP contribution is -2.06. The lowest BCUT2D eigenvalue weighted by molar-refractivity contribution is 0.0525. The van der Waals surface area contributed by atoms with E-state index in [4.69, 9.17) is 20.9 Å². The van der Waals surface area contributed by atoms with Crippen LogP contribution < -0.4 is 0 Å². The average Bonchev–Trinajstić information content (AvgIpc) is 2.72. The second-order valence-corrected chi connectivity index (χ2v) is 3.95. The first kappa shape index (κ1) is 12.6. The molecule has 0 fully saturated rings. The van der Waals surface area contributed by atoms with Gasteiger partial charge in [-0.1, -0.05) is 16.8 Å². The molecule has 0 atom stereocenters. The summed E-state index contributed by atoms with van der Waals surface area (Å²) in [6, 6.07) is 1.62. The van der Waals surface area contributed by atoms with E-state index in [1.54, 1.807) is 26.1 Å². The number of halogens is 1. The van der Waals surface area contributed by atoms with E-state index >= 15 is 0 Å². The predicted octanol–water partition coefficient (Wildman–Crippen LogP) is 2.88. The molecule has 94 valence electrons. The van der Waals surface area contributed by atoms with Gasteiger partial charge in [-0.15, -0.1) is 0 Å². The molecule has 0 amide bonds. The first-order chi connectivity index (χ1) is 8.65. The number of aryl methyl sites for hydroxylation is 1. The fraction of sp³-hybridized carbons (Fsp3) is 0.250. The zero-order chi connectivity index (χ0) is 13.1. The Bertz CT molecular complexity index is 580. The highest BCUT2D eigenvalue weighted by molar-refractivity contribution is 6.33. The van der Waals surface area contributed by atoms with Crippen LogP contribution in [0.5, 0.6) is 0 Å². The van der Waals surface area contributed by atoms with Crippen molar-refractivity contribution in [2.24, 2.45) is 0 Å². The summed E-state index contributed by atoms with van der Waals surface area (Å²) in [7, 11) is 0. The van der Waals surface area contributed by atoms with E-state index in [2.05, 4.69) is 10.1 Å². The molecule has 0 aliphatic carbocycles. The molecule has 0 aliphatic heterocycles. The molecule has 0 bridgehead atoms. The maximum Gasteiger partial charge on any atom is 0.344 e. The van der Waals surface area contributed by atoms with E-state index in [1.807, 2.05) is 0 Å². The molecular formula is C12H11ClN2O3. The molecule has 5 nitrogen and oxygen atoms in total. The van der Waals surface area contributed by atoms with Crippen molar-refractivity contribution >= 4 is 17.6 Å². The average molecular weight is 267 g/mol. The highest BCUT2D eigenvalue weighted by atomic mass is 35.5. The van der Waals surface area contributed by atoms with Gasteiger partial charge in [-0.25, -0.2) is 4.79 Å². The van der Waals surface area contributed by atoms with E-state index < -0.39 is 5.97 Å². The monoisotopic (exact) mass is 266 g/mol. The normalized spacial score (nSPS) is 10.4. The van der Waals surface area contributed by atoms with Gasteiger partial charge in [0, 0.05) is 18.0 Å². The number of aromatic nitrogens is 2. The Balaban J connectivity index is 2.53. The SMILES string of the molecule is CCOC(=O)c1c(-c2cnccc2Cl)noc1C. The van der Waals surface area contributed by atoms with Crippen LogP contribution in [-0.4, -0.2) is 22.7 Å². The van der Waals surface area contributed by atoms with Crippen LogP contribution in [0.15, 0.2) is 23.0 Å². The minimum Gasteiger partial charge on any atom is -0.462 e. The number of ether oxygens (including phenoxy) is 1. The fourth-order valence-electron chi connectivity index (χ4n) is 1.55. The summed E-state index contributed by atoms with van der Waals surface area (Å²) in [5, 5.41) is 4.30. The molecule has 2 aromatic heterocycles. The number of carbonyl (C=O) groups excluding carboxylic acids is 1. The molecule has 0 radical (unpaired) electrons. The van der Waals surface area contributed by atoms with Gasteiger partial charge in [0.05, 0.1) is 11.6 Å². The van der Waals surface area contributed by atoms with Gasteiger partial charge in [-0.2, -0.15) is 0 Å². The number of nitrogens with zero attached hydrogens (tertiary/aromatic N) is 2. The van der Waals surface area contributed by atoms with Gasteiger partial charge in [-0.05, 0) is 19.9 Å². The van der Waals surface area contributed by atoms with Crippen molar-refractivity contribution < 1.29 is 14.1 Å². The standard InChI is InChI=1S/C12H11ClN2O3/c1-3-17-12(16)10-7(2)18-15-11(10)8-6-14-5-4-9(8)13/h4-6H,3H2,1-2H3. The van der Waals surface area contributed by atoms with Crippen LogP contribution in [0.25, 0.3) is 11.3 Å². The van der Waals surface area contributed by atoms with E-state index in [-0.39, 0.29) is 12.2 Å². The van der Waals surface area contributed by atoms with Crippen molar-refractivity contribution in [1.82, 2.24) is 10.1 Å². The van der Waals surface area contributed by atoms with Gasteiger partial charge in [0.25, 0.3) is 0 Å². The predicted molar refractivity (Wildman–Crippen MR) is 65.4 cm³/mol. The quantitative estimate of drug-likeness (QED) is 0.799. The van der Waals surface area contributed by atoms with Crippen LogP contribution in [0.4, 0.5) is 0 Å². The molecule has 18 heavy (non-hydrogen) atoms. The first-order valence-corrected chi connectivity index (χ1v) is 5.76. The third-order valence-electron chi connectivity index (χ3n) is 2.37. The van der Waals surface area contributed by atoms with Gasteiger partial charge in [0.2, 0.25) is 0 Å². The Kier molecular flexibility index (Phi) is 3.62. The minimum atomic E-state index is -0.480. The van der Waals surface area contributed by atoms with Crippen molar-refractivity contribution in [3.63, 3.8) is 0 Å². The van der Waals surface area contributed by atoms with Crippen molar-refractivity contribution in [2.45, 2.75) is 13.8 Å². The van der Waals surface area contributed by atoms with Crippen molar-refractivity contribution in [1.29, 1.82) is 0 Å². The second-order valence-electron chi connectivity index (χ2n) is 3.54. The third kappa shape index (κ3) is 2.22. The van der Waals surface area contributed by atoms with Crippen LogP contribution in [-0.2, 0) is 4.74 Å². The van der Waals surface area contributed by atoms with Gasteiger partial charge < -0.3 is 9.26 Å². The van der Waals surface area contributed by atoms with Crippen molar-refractivity contribution in [3.8, 4) is 11.3 Å². The fourth-order valence-corrected chi connectivity index (χ4v) is 1.75. The molecule has 0 saturated carbocycles. The van der Waals surface area contributed by atoms with Crippen LogP contribution >= 0.6 is 11.6 Å². The third-order valence-corrected chi connectivity index (χ3v) is 2.69. The molecular weight excluding hydrogens is 256 g/mol. The molecule has 2 heterocycles. The maximum atomic E-state index is 11.8. The zero-order valence-electron chi connectivity index (χ0n) is 9.94. The first-order valence-electron chi connectivity index (χ1n) is 5.38. The summed E-state index contributed by atoms with van der Waals surface area (Å²) in [4.78, 5) is 15.8. The Labute approximate surface area is 109 Å². The molecule has 0 aromatic carbocycles. The number of hydrogen-bond donors (Lipinski definition) is 0. The highest BCUT2D eigenvalue weighted by Gasteiger charge is 2.24. The summed E-state index contributed by atoms with van der Waals surface area (Å²) in [6.07, 6.45) is 3.09. The lowest BCUT2D eigenvalue weighted by atomic mass is 10.1. The Hall–Kier alpha value is -1.88. The summed E-state index contributed by atoms with van der Waals surface area (Å²) < 4.78 is 10.0. The number of hydrogen-bond acceptors (Lipinski definition) is 5. The summed E-state index contributed by atoms with van der Waals surface area (Å²) in [6.45, 7) is 3.66. The second kappa shape index (κ2) is 5.18. The highest BCUT2D eigenvalue weighted by Crippen LogP contribution is 2.30. The summed E-state index contributed by atoms with van der Waals surface area (Å²) >= 11 is 6.05. The van der Waals surface area contributed by atoms with Gasteiger partial charge in [-0.3, -0.25) is 4.98 Å². The molecule has 0 saturated heterocycles. The molecule has 0 unspecified atom stereocenters. The van der Waals surface area contributed by atoms with E-state index in [0.717, 1.165) is 0 Å². The van der Waals surface area contributed by atoms with E-state index in [9.17, 15) is 4.79 Å². The smallest absolute Gasteiger partial charge is 0.344 e. The van der Waals surface area contributed by atoms with Crippen LogP contribution in [0.1, 0.15) is 23.0 Å². The molecule has 2 rings (SSSR count). The summed E-state index contributed by atoms with van der Waals surface area (Å²) in [5.41, 5.74) is 1.18. The van der Waals surface area contributed by atoms with E-state index in [1.165, 1.54) is 6.20 Å². The zero-order valence-corrected chi connectivity index (χ0v) is 10.7. The van der Waals surface area contributed by atoms with Crippen molar-refractivity contribution in [2.75, 3.05) is 6.61 Å². The molecule has 0 spiro atoms. The minimum absolute atomic E-state index is 0.281. The van der Waals surface area contributed by atoms with E-state index in [0.29, 0.717) is 22.0 Å². The summed E-state index contributed by atoms with van der Waals surface area (Å²) in [5.74, 6) is -0.0884. The Morgan fingerprint density at radius 2 is 2.33 bits per heavy atom. The van der Waals surface area contributed by atoms with Crippen LogP contribution in [0.2, 0.25) is 5.02 Å². The topological polar surface area (TPSA) is 65.2 Å². The number of esters is 1. The van der Waals surface area contributed by atoms with Crippen LogP contribution in [0, 0.1) is 6.92 Å². The van der Waals surface area contributed by atoms with Gasteiger partial charge >= 0.3 is 5.97 Å². The molecule has 0 N–H and O–H groups in total. The molecule has 0 aliphatic rings. The van der Waals surface area contributed by atoms with Gasteiger partial charge in [0.1, 0.15) is 17.0 Å². The Morgan fingerprint density at radius 3 is 3.00 bits per heavy atom. The number of pyridine rings is 1.